The number of benzene rings is 2. The first-order valence-electron chi connectivity index (χ1n) is 7.81. The normalized spacial score (nSPS) is 16.2. The molecule has 3 aromatic rings. The van der Waals surface area contributed by atoms with Crippen LogP contribution in [0, 0.1) is 10.1 Å². The number of furan rings is 1. The number of hydrogen-bond donors (Lipinski definition) is 0. The van der Waals surface area contributed by atoms with Crippen LogP contribution in [0.1, 0.15) is 17.4 Å². The van der Waals surface area contributed by atoms with Crippen LogP contribution in [0.15, 0.2) is 76.1 Å². The minimum Gasteiger partial charge on any atom is -0.458 e. The topological polar surface area (TPSA) is 94.9 Å². The molecule has 0 radical (unpaired) electrons. The summed E-state index contributed by atoms with van der Waals surface area (Å²) < 4.78 is 11.0. The third kappa shape index (κ3) is 2.86. The summed E-state index contributed by atoms with van der Waals surface area (Å²) in [5.74, 6) is 0.458. The molecule has 0 fully saturated rings. The summed E-state index contributed by atoms with van der Waals surface area (Å²) in [5, 5.41) is 10.9. The number of carbonyl (C=O) groups is 1. The highest BCUT2D eigenvalue weighted by Gasteiger charge is 2.33. The summed E-state index contributed by atoms with van der Waals surface area (Å²) in [4.78, 5) is 26.9. The monoisotopic (exact) mass is 348 g/mol. The molecule has 7 nitrogen and oxygen atoms in total. The number of nitrogens with zero attached hydrogens (tertiary/aromatic N) is 2. The van der Waals surface area contributed by atoms with E-state index in [1.807, 2.05) is 18.2 Å². The van der Waals surface area contributed by atoms with Gasteiger partial charge in [0.25, 0.3) is 5.69 Å². The largest absolute Gasteiger partial charge is 0.458 e. The molecule has 0 spiro atoms. The van der Waals surface area contributed by atoms with Gasteiger partial charge in [-0.15, -0.1) is 0 Å². The van der Waals surface area contributed by atoms with E-state index in [1.165, 1.54) is 12.1 Å². The highest BCUT2D eigenvalue weighted by Crippen LogP contribution is 2.32. The summed E-state index contributed by atoms with van der Waals surface area (Å²) in [6.45, 7) is 0. The van der Waals surface area contributed by atoms with E-state index in [1.54, 1.807) is 36.4 Å². The molecule has 0 N–H and O–H groups in total. The number of ether oxygens (including phenoxy) is 1. The van der Waals surface area contributed by atoms with Crippen molar-refractivity contribution in [3.05, 3.63) is 88.2 Å². The third-order valence-electron chi connectivity index (χ3n) is 3.93. The second-order valence-electron chi connectivity index (χ2n) is 5.63. The molecule has 1 atom stereocenters. The molecule has 0 amide bonds. The van der Waals surface area contributed by atoms with Crippen LogP contribution < -0.4 is 0 Å². The maximum atomic E-state index is 12.2. The number of nitro groups is 1. The van der Waals surface area contributed by atoms with E-state index in [0.29, 0.717) is 22.6 Å². The van der Waals surface area contributed by atoms with Gasteiger partial charge in [0, 0.05) is 23.3 Å². The average Bonchev–Trinajstić information content (AvgIpc) is 3.29. The summed E-state index contributed by atoms with van der Waals surface area (Å²) in [6.07, 6.45) is 0. The van der Waals surface area contributed by atoms with Crippen molar-refractivity contribution < 1.29 is 18.9 Å². The molecule has 1 aliphatic rings. The summed E-state index contributed by atoms with van der Waals surface area (Å²) in [7, 11) is 0. The van der Waals surface area contributed by atoms with Crippen molar-refractivity contribution in [3.8, 4) is 11.3 Å². The average molecular weight is 348 g/mol. The Morgan fingerprint density at radius 3 is 2.50 bits per heavy atom. The second-order valence-corrected chi connectivity index (χ2v) is 5.63. The zero-order valence-electron chi connectivity index (χ0n) is 13.4. The first-order valence-corrected chi connectivity index (χ1v) is 7.81. The van der Waals surface area contributed by atoms with E-state index in [9.17, 15) is 14.9 Å². The standard InChI is InChI=1S/C19H12N2O5/c22-19-17(20-18(26-19)12-5-2-1-3-6-12)16-10-9-15(25-16)13-7-4-8-14(11-13)21(23)24/h1-11,17H/t17-/m1/s1. The van der Waals surface area contributed by atoms with Gasteiger partial charge in [-0.05, 0) is 24.3 Å². The summed E-state index contributed by atoms with van der Waals surface area (Å²) in [5.41, 5.74) is 1.21. The number of non-ortho nitro benzene ring substituents is 1. The molecule has 0 unspecified atom stereocenters. The summed E-state index contributed by atoms with van der Waals surface area (Å²) >= 11 is 0. The van der Waals surface area contributed by atoms with E-state index in [2.05, 4.69) is 4.99 Å². The van der Waals surface area contributed by atoms with Gasteiger partial charge >= 0.3 is 5.97 Å². The van der Waals surface area contributed by atoms with Crippen molar-refractivity contribution in [2.75, 3.05) is 0 Å². The number of carbonyl (C=O) groups excluding carboxylic acids is 1. The third-order valence-corrected chi connectivity index (χ3v) is 3.93. The van der Waals surface area contributed by atoms with Crippen molar-refractivity contribution in [2.45, 2.75) is 6.04 Å². The van der Waals surface area contributed by atoms with E-state index in [-0.39, 0.29) is 11.6 Å². The minimum atomic E-state index is -0.891. The van der Waals surface area contributed by atoms with E-state index in [0.717, 1.165) is 0 Å². The maximum absolute atomic E-state index is 12.2. The Labute approximate surface area is 147 Å². The van der Waals surface area contributed by atoms with E-state index in [4.69, 9.17) is 9.15 Å². The Bertz CT molecular complexity index is 1020. The first-order chi connectivity index (χ1) is 12.6. The summed E-state index contributed by atoms with van der Waals surface area (Å²) in [6, 6.07) is 17.6. The van der Waals surface area contributed by atoms with Crippen molar-refractivity contribution in [1.29, 1.82) is 0 Å². The van der Waals surface area contributed by atoms with Gasteiger partial charge in [0.1, 0.15) is 11.5 Å². The van der Waals surface area contributed by atoms with E-state index >= 15 is 0 Å². The molecule has 0 bridgehead atoms. The fourth-order valence-electron chi connectivity index (χ4n) is 2.67. The van der Waals surface area contributed by atoms with Crippen molar-refractivity contribution in [1.82, 2.24) is 0 Å². The Morgan fingerprint density at radius 1 is 0.962 bits per heavy atom. The molecule has 4 rings (SSSR count). The Morgan fingerprint density at radius 2 is 1.73 bits per heavy atom. The van der Waals surface area contributed by atoms with Crippen LogP contribution in [0.3, 0.4) is 0 Å². The number of cyclic esters (lactones) is 1. The molecular formula is C19H12N2O5. The highest BCUT2D eigenvalue weighted by atomic mass is 16.6. The molecule has 1 aromatic heterocycles. The Hall–Kier alpha value is -3.74. The number of nitro benzene ring substituents is 1. The lowest BCUT2D eigenvalue weighted by molar-refractivity contribution is -0.384. The zero-order valence-corrected chi connectivity index (χ0v) is 13.4. The molecule has 1 aliphatic heterocycles. The van der Waals surface area contributed by atoms with Crippen LogP contribution in [-0.2, 0) is 9.53 Å². The van der Waals surface area contributed by atoms with Gasteiger partial charge in [0.05, 0.1) is 4.92 Å². The van der Waals surface area contributed by atoms with Gasteiger partial charge in [-0.2, -0.15) is 0 Å². The molecule has 7 heteroatoms. The first kappa shape index (κ1) is 15.8. The van der Waals surface area contributed by atoms with Crippen molar-refractivity contribution in [2.24, 2.45) is 4.99 Å². The second kappa shape index (κ2) is 6.29. The smallest absolute Gasteiger partial charge is 0.345 e. The van der Waals surface area contributed by atoms with Crippen LogP contribution in [0.25, 0.3) is 11.3 Å². The van der Waals surface area contributed by atoms with Crippen molar-refractivity contribution in [3.63, 3.8) is 0 Å². The minimum absolute atomic E-state index is 0.0369. The zero-order chi connectivity index (χ0) is 18.1. The molecule has 2 heterocycles. The Kier molecular flexibility index (Phi) is 3.81. The lowest BCUT2D eigenvalue weighted by Gasteiger charge is -2.00. The lowest BCUT2D eigenvalue weighted by Crippen LogP contribution is -2.08. The van der Waals surface area contributed by atoms with Gasteiger partial charge in [-0.3, -0.25) is 10.1 Å². The van der Waals surface area contributed by atoms with Gasteiger partial charge in [-0.1, -0.05) is 30.3 Å². The molecule has 26 heavy (non-hydrogen) atoms. The highest BCUT2D eigenvalue weighted by molar-refractivity contribution is 6.06. The molecule has 0 aliphatic carbocycles. The molecule has 2 aromatic carbocycles. The van der Waals surface area contributed by atoms with Gasteiger partial charge in [0.15, 0.2) is 0 Å². The van der Waals surface area contributed by atoms with Crippen LogP contribution >= 0.6 is 0 Å². The number of hydrogen-bond acceptors (Lipinski definition) is 6. The molecule has 128 valence electrons. The lowest BCUT2D eigenvalue weighted by atomic mass is 10.1. The van der Waals surface area contributed by atoms with Crippen LogP contribution in [0.5, 0.6) is 0 Å². The van der Waals surface area contributed by atoms with Crippen LogP contribution in [0.4, 0.5) is 5.69 Å². The fraction of sp³-hybridized carbons (Fsp3) is 0.0526. The maximum Gasteiger partial charge on any atom is 0.345 e. The van der Waals surface area contributed by atoms with Gasteiger partial charge in [0.2, 0.25) is 11.9 Å². The molecular weight excluding hydrogens is 336 g/mol. The number of aliphatic imine (C=N–C) groups is 1. The quantitative estimate of drug-likeness (QED) is 0.405. The predicted molar refractivity (Wildman–Crippen MR) is 92.6 cm³/mol. The predicted octanol–water partition coefficient (Wildman–Crippen LogP) is 3.90. The fourth-order valence-corrected chi connectivity index (χ4v) is 2.67. The molecule has 0 saturated carbocycles. The van der Waals surface area contributed by atoms with Crippen molar-refractivity contribution >= 4 is 17.6 Å². The molecule has 0 saturated heterocycles. The van der Waals surface area contributed by atoms with Crippen LogP contribution in [0.2, 0.25) is 0 Å². The van der Waals surface area contributed by atoms with E-state index < -0.39 is 16.9 Å². The van der Waals surface area contributed by atoms with Gasteiger partial charge < -0.3 is 9.15 Å². The number of esters is 1. The number of rotatable bonds is 4. The van der Waals surface area contributed by atoms with Crippen LogP contribution in [-0.4, -0.2) is 16.8 Å². The van der Waals surface area contributed by atoms with Gasteiger partial charge in [-0.25, -0.2) is 9.79 Å². The Balaban J connectivity index is 1.64. The SMILES string of the molecule is O=C1OC(c2ccccc2)=N[C@@H]1c1ccc(-c2cccc([N+](=O)[O-])c2)o1.